The van der Waals surface area contributed by atoms with Crippen LogP contribution in [-0.4, -0.2) is 14.2 Å². The molecule has 0 amide bonds. The first-order chi connectivity index (χ1) is 9.28. The van der Waals surface area contributed by atoms with Gasteiger partial charge in [0, 0.05) is 12.7 Å². The summed E-state index contributed by atoms with van der Waals surface area (Å²) in [5, 5.41) is 3.25. The van der Waals surface area contributed by atoms with Crippen LogP contribution in [0.2, 0.25) is 0 Å². The van der Waals surface area contributed by atoms with Crippen molar-refractivity contribution in [2.45, 2.75) is 26.0 Å². The molecular weight excluding hydrogens is 238 g/mol. The molecule has 1 aromatic carbocycles. The highest BCUT2D eigenvalue weighted by Crippen LogP contribution is 2.27. The first kappa shape index (κ1) is 13.8. The fraction of sp³-hybridized carbons (Fsp3) is 0.375. The summed E-state index contributed by atoms with van der Waals surface area (Å²) in [6.07, 6.45) is 1.01. The van der Waals surface area contributed by atoms with Gasteiger partial charge < -0.3 is 14.5 Å². The largest absolute Gasteiger partial charge is 0.459 e. The maximum atomic E-state index is 5.94. The predicted octanol–water partition coefficient (Wildman–Crippen LogP) is 3.76. The first-order valence-electron chi connectivity index (χ1n) is 6.63. The summed E-state index contributed by atoms with van der Waals surface area (Å²) in [6.45, 7) is 2.76. The van der Waals surface area contributed by atoms with Gasteiger partial charge in [-0.15, -0.1) is 0 Å². The molecule has 1 heterocycles. The van der Waals surface area contributed by atoms with Gasteiger partial charge in [-0.1, -0.05) is 25.1 Å². The van der Waals surface area contributed by atoms with Crippen LogP contribution >= 0.6 is 0 Å². The van der Waals surface area contributed by atoms with E-state index in [0.29, 0.717) is 6.61 Å². The Morgan fingerprint density at radius 3 is 2.79 bits per heavy atom. The van der Waals surface area contributed by atoms with E-state index in [1.54, 1.807) is 7.11 Å². The lowest BCUT2D eigenvalue weighted by atomic mass is 10.1. The van der Waals surface area contributed by atoms with E-state index in [1.807, 2.05) is 25.2 Å². The molecule has 102 valence electrons. The van der Waals surface area contributed by atoms with Gasteiger partial charge in [-0.25, -0.2) is 0 Å². The smallest absolute Gasteiger partial charge is 0.134 e. The molecule has 0 spiro atoms. The van der Waals surface area contributed by atoms with Crippen LogP contribution in [0, 0.1) is 0 Å². The number of furan rings is 1. The van der Waals surface area contributed by atoms with E-state index in [-0.39, 0.29) is 6.04 Å². The van der Waals surface area contributed by atoms with Gasteiger partial charge in [0.05, 0.1) is 12.6 Å². The molecule has 1 N–H and O–H groups in total. The van der Waals surface area contributed by atoms with Crippen LogP contribution in [-0.2, 0) is 11.3 Å². The second-order valence-corrected chi connectivity index (χ2v) is 4.58. The lowest BCUT2D eigenvalue weighted by Gasteiger charge is -2.10. The summed E-state index contributed by atoms with van der Waals surface area (Å²) >= 11 is 0. The molecular formula is C16H21NO2. The Hall–Kier alpha value is -1.58. The fourth-order valence-corrected chi connectivity index (χ4v) is 2.22. The van der Waals surface area contributed by atoms with Crippen LogP contribution in [0.5, 0.6) is 0 Å². The highest BCUT2D eigenvalue weighted by Gasteiger charge is 2.12. The monoisotopic (exact) mass is 259 g/mol. The number of hydrogen-bond donors (Lipinski definition) is 1. The zero-order valence-corrected chi connectivity index (χ0v) is 11.8. The minimum atomic E-state index is 0.274. The number of benzene rings is 1. The van der Waals surface area contributed by atoms with Crippen molar-refractivity contribution in [2.75, 3.05) is 14.2 Å². The van der Waals surface area contributed by atoms with E-state index in [0.717, 1.165) is 29.1 Å². The van der Waals surface area contributed by atoms with Gasteiger partial charge in [-0.05, 0) is 37.2 Å². The quantitative estimate of drug-likeness (QED) is 0.857. The SMILES string of the molecule is CCC(NC)c1ccc(-c2cccc(COC)c2)o1. The van der Waals surface area contributed by atoms with Gasteiger partial charge in [-0.3, -0.25) is 0 Å². The van der Waals surface area contributed by atoms with Gasteiger partial charge in [0.25, 0.3) is 0 Å². The van der Waals surface area contributed by atoms with Crippen molar-refractivity contribution < 1.29 is 9.15 Å². The Labute approximate surface area is 114 Å². The summed E-state index contributed by atoms with van der Waals surface area (Å²) in [7, 11) is 3.66. The topological polar surface area (TPSA) is 34.4 Å². The minimum absolute atomic E-state index is 0.274. The first-order valence-corrected chi connectivity index (χ1v) is 6.63. The van der Waals surface area contributed by atoms with Gasteiger partial charge >= 0.3 is 0 Å². The summed E-state index contributed by atoms with van der Waals surface area (Å²) < 4.78 is 11.1. The molecule has 3 heteroatoms. The number of ether oxygens (including phenoxy) is 1. The Kier molecular flexibility index (Phi) is 4.77. The van der Waals surface area contributed by atoms with Gasteiger partial charge in [0.1, 0.15) is 11.5 Å². The van der Waals surface area contributed by atoms with Gasteiger partial charge in [0.2, 0.25) is 0 Å². The van der Waals surface area contributed by atoms with Gasteiger partial charge in [0.15, 0.2) is 0 Å². The molecule has 1 aromatic heterocycles. The number of nitrogens with one attached hydrogen (secondary N) is 1. The third-order valence-electron chi connectivity index (χ3n) is 3.25. The molecule has 0 saturated heterocycles. The molecule has 1 unspecified atom stereocenters. The van der Waals surface area contributed by atoms with Crippen LogP contribution in [0.25, 0.3) is 11.3 Å². The van der Waals surface area contributed by atoms with Crippen molar-refractivity contribution in [3.63, 3.8) is 0 Å². The molecule has 19 heavy (non-hydrogen) atoms. The van der Waals surface area contributed by atoms with Crippen molar-refractivity contribution in [3.05, 3.63) is 47.7 Å². The van der Waals surface area contributed by atoms with E-state index in [1.165, 1.54) is 0 Å². The Balaban J connectivity index is 2.24. The summed E-state index contributed by atoms with van der Waals surface area (Å²) in [4.78, 5) is 0. The molecule has 0 radical (unpaired) electrons. The number of hydrogen-bond acceptors (Lipinski definition) is 3. The molecule has 0 saturated carbocycles. The molecule has 3 nitrogen and oxygen atoms in total. The van der Waals surface area contributed by atoms with E-state index >= 15 is 0 Å². The van der Waals surface area contributed by atoms with Crippen LogP contribution in [0.1, 0.15) is 30.7 Å². The summed E-state index contributed by atoms with van der Waals surface area (Å²) in [5.41, 5.74) is 2.24. The fourth-order valence-electron chi connectivity index (χ4n) is 2.22. The summed E-state index contributed by atoms with van der Waals surface area (Å²) in [5.74, 6) is 1.89. The lowest BCUT2D eigenvalue weighted by Crippen LogP contribution is -2.14. The molecule has 0 aliphatic heterocycles. The van der Waals surface area contributed by atoms with Crippen molar-refractivity contribution >= 4 is 0 Å². The van der Waals surface area contributed by atoms with E-state index in [9.17, 15) is 0 Å². The van der Waals surface area contributed by atoms with Crippen LogP contribution < -0.4 is 5.32 Å². The van der Waals surface area contributed by atoms with E-state index < -0.39 is 0 Å². The van der Waals surface area contributed by atoms with Crippen LogP contribution in [0.3, 0.4) is 0 Å². The minimum Gasteiger partial charge on any atom is -0.459 e. The molecule has 2 rings (SSSR count). The summed E-state index contributed by atoms with van der Waals surface area (Å²) in [6, 6.07) is 12.6. The van der Waals surface area contributed by atoms with Crippen molar-refractivity contribution in [1.82, 2.24) is 5.32 Å². The normalized spacial score (nSPS) is 12.6. The Morgan fingerprint density at radius 1 is 1.26 bits per heavy atom. The average molecular weight is 259 g/mol. The molecule has 0 aliphatic carbocycles. The molecule has 2 aromatic rings. The molecule has 0 aliphatic rings. The van der Waals surface area contributed by atoms with E-state index in [2.05, 4.69) is 30.4 Å². The maximum Gasteiger partial charge on any atom is 0.134 e. The zero-order valence-electron chi connectivity index (χ0n) is 11.8. The van der Waals surface area contributed by atoms with Gasteiger partial charge in [-0.2, -0.15) is 0 Å². The van der Waals surface area contributed by atoms with Crippen molar-refractivity contribution in [2.24, 2.45) is 0 Å². The molecule has 0 bridgehead atoms. The maximum absolute atomic E-state index is 5.94. The highest BCUT2D eigenvalue weighted by molar-refractivity contribution is 5.58. The van der Waals surface area contributed by atoms with Crippen LogP contribution in [0.15, 0.2) is 40.8 Å². The van der Waals surface area contributed by atoms with Crippen LogP contribution in [0.4, 0.5) is 0 Å². The highest BCUT2D eigenvalue weighted by atomic mass is 16.5. The standard InChI is InChI=1S/C16H21NO2/c1-4-14(17-2)16-9-8-15(19-16)13-7-5-6-12(10-13)11-18-3/h5-10,14,17H,4,11H2,1-3H3. The Morgan fingerprint density at radius 2 is 2.11 bits per heavy atom. The predicted molar refractivity (Wildman–Crippen MR) is 76.9 cm³/mol. The average Bonchev–Trinajstić information content (AvgIpc) is 2.91. The lowest BCUT2D eigenvalue weighted by molar-refractivity contribution is 0.185. The second kappa shape index (κ2) is 6.55. The van der Waals surface area contributed by atoms with Crippen molar-refractivity contribution in [1.29, 1.82) is 0 Å². The van der Waals surface area contributed by atoms with E-state index in [4.69, 9.17) is 9.15 Å². The van der Waals surface area contributed by atoms with Crippen molar-refractivity contribution in [3.8, 4) is 11.3 Å². The molecule has 1 atom stereocenters. The molecule has 0 fully saturated rings. The third-order valence-corrected chi connectivity index (χ3v) is 3.25. The Bertz CT molecular complexity index is 515. The number of methoxy groups -OCH3 is 1. The second-order valence-electron chi connectivity index (χ2n) is 4.58. The third kappa shape index (κ3) is 3.25. The zero-order chi connectivity index (χ0) is 13.7. The number of rotatable bonds is 6.